The zero-order valence-electron chi connectivity index (χ0n) is 10.5. The van der Waals surface area contributed by atoms with Crippen molar-refractivity contribution in [3.63, 3.8) is 0 Å². The second kappa shape index (κ2) is 5.37. The number of hydrogen-bond acceptors (Lipinski definition) is 6. The molecule has 1 aromatic heterocycles. The van der Waals surface area contributed by atoms with Crippen LogP contribution in [0.5, 0.6) is 0 Å². The van der Waals surface area contributed by atoms with Crippen LogP contribution < -0.4 is 0 Å². The molecule has 104 valence electrons. The normalized spacial score (nSPS) is 22.7. The van der Waals surface area contributed by atoms with Gasteiger partial charge in [-0.05, 0) is 0 Å². The molecule has 1 amide bonds. The van der Waals surface area contributed by atoms with E-state index in [1.165, 1.54) is 4.90 Å². The lowest BCUT2D eigenvalue weighted by atomic mass is 10.3. The number of nitrogens with zero attached hydrogens (tertiary/aromatic N) is 2. The Morgan fingerprint density at radius 1 is 1.37 bits per heavy atom. The number of aromatic carboxylic acids is 1. The number of methoxy groups -OCH3 is 2. The smallest absolute Gasteiger partial charge is 0.374 e. The molecule has 0 aliphatic carbocycles. The van der Waals surface area contributed by atoms with Crippen LogP contribution in [0.3, 0.4) is 0 Å². The van der Waals surface area contributed by atoms with Gasteiger partial charge < -0.3 is 24.0 Å². The van der Waals surface area contributed by atoms with Crippen LogP contribution in [0.2, 0.25) is 0 Å². The SMILES string of the molecule is COC1CN(C(=O)c2cc(C(=O)O)on2)CC1OC. The molecule has 2 unspecified atom stereocenters. The molecule has 2 rings (SSSR count). The van der Waals surface area contributed by atoms with Crippen molar-refractivity contribution in [2.24, 2.45) is 0 Å². The van der Waals surface area contributed by atoms with Crippen LogP contribution >= 0.6 is 0 Å². The Morgan fingerprint density at radius 3 is 2.37 bits per heavy atom. The van der Waals surface area contributed by atoms with E-state index in [9.17, 15) is 9.59 Å². The number of hydrogen-bond donors (Lipinski definition) is 1. The van der Waals surface area contributed by atoms with Gasteiger partial charge >= 0.3 is 5.97 Å². The first-order valence-corrected chi connectivity index (χ1v) is 5.61. The maximum absolute atomic E-state index is 12.1. The van der Waals surface area contributed by atoms with Gasteiger partial charge in [0.15, 0.2) is 5.69 Å². The van der Waals surface area contributed by atoms with Crippen molar-refractivity contribution in [1.29, 1.82) is 0 Å². The van der Waals surface area contributed by atoms with Crippen LogP contribution in [-0.2, 0) is 9.47 Å². The summed E-state index contributed by atoms with van der Waals surface area (Å²) in [5.74, 6) is -2.04. The van der Waals surface area contributed by atoms with Crippen molar-refractivity contribution in [1.82, 2.24) is 10.1 Å². The fourth-order valence-electron chi connectivity index (χ4n) is 2.00. The first-order chi connectivity index (χ1) is 9.06. The van der Waals surface area contributed by atoms with E-state index < -0.39 is 11.9 Å². The highest BCUT2D eigenvalue weighted by atomic mass is 16.5. The summed E-state index contributed by atoms with van der Waals surface area (Å²) in [6, 6.07) is 1.10. The van der Waals surface area contributed by atoms with E-state index in [2.05, 4.69) is 9.68 Å². The zero-order chi connectivity index (χ0) is 14.0. The van der Waals surface area contributed by atoms with Crippen LogP contribution in [-0.4, -0.2) is 66.6 Å². The van der Waals surface area contributed by atoms with E-state index >= 15 is 0 Å². The van der Waals surface area contributed by atoms with Gasteiger partial charge in [0, 0.05) is 33.4 Å². The minimum absolute atomic E-state index is 0.0380. The predicted molar refractivity (Wildman–Crippen MR) is 61.0 cm³/mol. The number of carboxylic acids is 1. The summed E-state index contributed by atoms with van der Waals surface area (Å²) in [6.07, 6.45) is -0.417. The molecule has 0 spiro atoms. The number of ether oxygens (including phenoxy) is 2. The third-order valence-electron chi connectivity index (χ3n) is 3.05. The highest BCUT2D eigenvalue weighted by Crippen LogP contribution is 2.18. The zero-order valence-corrected chi connectivity index (χ0v) is 10.5. The highest BCUT2D eigenvalue weighted by molar-refractivity contribution is 5.95. The largest absolute Gasteiger partial charge is 0.475 e. The number of carbonyl (C=O) groups is 2. The Hall–Kier alpha value is -1.93. The average molecular weight is 270 g/mol. The summed E-state index contributed by atoms with van der Waals surface area (Å²) in [7, 11) is 3.09. The van der Waals surface area contributed by atoms with Gasteiger partial charge in [-0.1, -0.05) is 5.16 Å². The summed E-state index contributed by atoms with van der Waals surface area (Å²) >= 11 is 0. The second-order valence-corrected chi connectivity index (χ2v) is 4.14. The Morgan fingerprint density at radius 2 is 1.95 bits per heavy atom. The molecule has 2 atom stereocenters. The number of rotatable bonds is 4. The van der Waals surface area contributed by atoms with E-state index in [1.54, 1.807) is 14.2 Å². The number of aromatic nitrogens is 1. The number of carboxylic acid groups (broad SMARTS) is 1. The molecular weight excluding hydrogens is 256 g/mol. The van der Waals surface area contributed by atoms with Crippen LogP contribution in [0.1, 0.15) is 21.0 Å². The van der Waals surface area contributed by atoms with E-state index in [1.807, 2.05) is 0 Å². The Kier molecular flexibility index (Phi) is 3.82. The van der Waals surface area contributed by atoms with Crippen molar-refractivity contribution in [3.05, 3.63) is 17.5 Å². The summed E-state index contributed by atoms with van der Waals surface area (Å²) in [6.45, 7) is 0.728. The Balaban J connectivity index is 2.09. The van der Waals surface area contributed by atoms with E-state index in [4.69, 9.17) is 14.6 Å². The van der Waals surface area contributed by atoms with Crippen LogP contribution in [0.15, 0.2) is 10.6 Å². The molecule has 0 bridgehead atoms. The summed E-state index contributed by atoms with van der Waals surface area (Å²) in [5, 5.41) is 12.2. The van der Waals surface area contributed by atoms with Crippen molar-refractivity contribution >= 4 is 11.9 Å². The lowest BCUT2D eigenvalue weighted by Gasteiger charge is -2.13. The van der Waals surface area contributed by atoms with Crippen molar-refractivity contribution in [2.45, 2.75) is 12.2 Å². The molecule has 2 heterocycles. The molecule has 1 saturated heterocycles. The van der Waals surface area contributed by atoms with Gasteiger partial charge in [-0.25, -0.2) is 4.79 Å². The fraction of sp³-hybridized carbons (Fsp3) is 0.545. The molecule has 1 aliphatic rings. The highest BCUT2D eigenvalue weighted by Gasteiger charge is 2.36. The maximum atomic E-state index is 12.1. The standard InChI is InChI=1S/C11H14N2O6/c1-17-8-4-13(5-9(8)18-2)10(14)6-3-7(11(15)16)19-12-6/h3,8-9H,4-5H2,1-2H3,(H,15,16). The van der Waals surface area contributed by atoms with Gasteiger partial charge in [0.25, 0.3) is 5.91 Å². The van der Waals surface area contributed by atoms with Gasteiger partial charge in [-0.3, -0.25) is 4.79 Å². The van der Waals surface area contributed by atoms with E-state index in [0.717, 1.165) is 6.07 Å². The van der Waals surface area contributed by atoms with Gasteiger partial charge in [0.1, 0.15) is 12.2 Å². The molecule has 0 aromatic carbocycles. The van der Waals surface area contributed by atoms with Gasteiger partial charge in [-0.15, -0.1) is 0 Å². The van der Waals surface area contributed by atoms with Crippen molar-refractivity contribution in [2.75, 3.05) is 27.3 Å². The summed E-state index contributed by atoms with van der Waals surface area (Å²) < 4.78 is 15.0. The molecular formula is C11H14N2O6. The molecule has 1 N–H and O–H groups in total. The maximum Gasteiger partial charge on any atom is 0.374 e. The fourth-order valence-corrected chi connectivity index (χ4v) is 2.00. The monoisotopic (exact) mass is 270 g/mol. The Labute approximate surface area is 108 Å². The van der Waals surface area contributed by atoms with E-state index in [0.29, 0.717) is 13.1 Å². The topological polar surface area (TPSA) is 102 Å². The molecule has 1 aromatic rings. The molecule has 1 fully saturated rings. The molecule has 8 nitrogen and oxygen atoms in total. The van der Waals surface area contributed by atoms with Crippen molar-refractivity contribution < 1.29 is 28.7 Å². The van der Waals surface area contributed by atoms with Gasteiger partial charge in [-0.2, -0.15) is 0 Å². The van der Waals surface area contributed by atoms with Crippen molar-refractivity contribution in [3.8, 4) is 0 Å². The van der Waals surface area contributed by atoms with Crippen LogP contribution in [0.4, 0.5) is 0 Å². The van der Waals surface area contributed by atoms with Crippen LogP contribution in [0.25, 0.3) is 0 Å². The third kappa shape index (κ3) is 2.59. The second-order valence-electron chi connectivity index (χ2n) is 4.14. The lowest BCUT2D eigenvalue weighted by Crippen LogP contribution is -2.30. The Bertz CT molecular complexity index is 473. The van der Waals surface area contributed by atoms with E-state index in [-0.39, 0.29) is 23.7 Å². The minimum atomic E-state index is -1.27. The number of likely N-dealkylation sites (tertiary alicyclic amines) is 1. The minimum Gasteiger partial charge on any atom is -0.475 e. The first kappa shape index (κ1) is 13.5. The number of carbonyl (C=O) groups excluding carboxylic acids is 1. The number of amides is 1. The first-order valence-electron chi connectivity index (χ1n) is 5.61. The molecule has 0 radical (unpaired) electrons. The average Bonchev–Trinajstić information content (AvgIpc) is 3.04. The van der Waals surface area contributed by atoms with Gasteiger partial charge in [0.2, 0.25) is 5.76 Å². The summed E-state index contributed by atoms with van der Waals surface area (Å²) in [4.78, 5) is 24.3. The predicted octanol–water partition coefficient (Wildman–Crippen LogP) is -0.141. The van der Waals surface area contributed by atoms with Crippen LogP contribution in [0, 0.1) is 0 Å². The molecule has 8 heteroatoms. The molecule has 1 aliphatic heterocycles. The quantitative estimate of drug-likeness (QED) is 0.812. The third-order valence-corrected chi connectivity index (χ3v) is 3.05. The molecule has 0 saturated carbocycles. The summed E-state index contributed by atoms with van der Waals surface area (Å²) in [5.41, 5.74) is -0.0380. The van der Waals surface area contributed by atoms with Gasteiger partial charge in [0.05, 0.1) is 0 Å². The molecule has 19 heavy (non-hydrogen) atoms. The lowest BCUT2D eigenvalue weighted by molar-refractivity contribution is -0.00461.